The molecule has 2 aromatic carbocycles. The summed E-state index contributed by atoms with van der Waals surface area (Å²) in [6.45, 7) is 1.90. The molecule has 19 heavy (non-hydrogen) atoms. The van der Waals surface area contributed by atoms with E-state index in [1.807, 2.05) is 25.1 Å². The molecule has 0 fully saturated rings. The van der Waals surface area contributed by atoms with E-state index in [0.717, 1.165) is 15.6 Å². The summed E-state index contributed by atoms with van der Waals surface area (Å²) in [5, 5.41) is 1.15. The van der Waals surface area contributed by atoms with Crippen molar-refractivity contribution in [2.75, 3.05) is 0 Å². The van der Waals surface area contributed by atoms with Gasteiger partial charge in [-0.3, -0.25) is 4.79 Å². The molecule has 0 saturated carbocycles. The largest absolute Gasteiger partial charge is 0.294 e. The van der Waals surface area contributed by atoms with Crippen molar-refractivity contribution in [3.63, 3.8) is 0 Å². The van der Waals surface area contributed by atoms with Gasteiger partial charge in [-0.15, -0.1) is 0 Å². The summed E-state index contributed by atoms with van der Waals surface area (Å²) in [6.07, 6.45) is 0.271. The number of benzene rings is 2. The smallest absolute Gasteiger partial charge is 0.167 e. The predicted octanol–water partition coefficient (Wildman–Crippen LogP) is 5.49. The molecule has 0 atom stereocenters. The minimum Gasteiger partial charge on any atom is -0.294 e. The molecular formula is C15H11BrCl2O. The van der Waals surface area contributed by atoms with E-state index in [1.165, 1.54) is 0 Å². The fraction of sp³-hybridized carbons (Fsp3) is 0.133. The Kier molecular flexibility index (Phi) is 4.67. The molecule has 98 valence electrons. The molecule has 0 aliphatic rings. The second-order valence-corrected chi connectivity index (χ2v) is 6.05. The maximum atomic E-state index is 12.3. The number of carbonyl (C=O) groups is 1. The van der Waals surface area contributed by atoms with Crippen LogP contribution in [0, 0.1) is 6.92 Å². The monoisotopic (exact) mass is 356 g/mol. The van der Waals surface area contributed by atoms with E-state index in [0.29, 0.717) is 15.6 Å². The third-order valence-corrected chi connectivity index (χ3v) is 3.95. The maximum absolute atomic E-state index is 12.3. The Morgan fingerprint density at radius 2 is 1.89 bits per heavy atom. The van der Waals surface area contributed by atoms with Gasteiger partial charge in [-0.1, -0.05) is 51.3 Å². The SMILES string of the molecule is Cc1ccc(Cl)cc1C(=O)Cc1ccc(Br)cc1Cl. The van der Waals surface area contributed by atoms with Gasteiger partial charge in [-0.2, -0.15) is 0 Å². The molecule has 2 aromatic rings. The highest BCUT2D eigenvalue weighted by molar-refractivity contribution is 9.10. The van der Waals surface area contributed by atoms with Crippen LogP contribution in [0.25, 0.3) is 0 Å². The molecule has 4 heteroatoms. The highest BCUT2D eigenvalue weighted by Gasteiger charge is 2.12. The molecule has 0 aliphatic carbocycles. The quantitative estimate of drug-likeness (QED) is 0.664. The number of Topliss-reactive ketones (excluding diaryl/α,β-unsaturated/α-hetero) is 1. The minimum atomic E-state index is 0.0178. The van der Waals surface area contributed by atoms with Crippen LogP contribution in [-0.2, 0) is 6.42 Å². The van der Waals surface area contributed by atoms with Crippen LogP contribution in [0.4, 0.5) is 0 Å². The van der Waals surface area contributed by atoms with Gasteiger partial charge < -0.3 is 0 Å². The molecule has 0 bridgehead atoms. The Morgan fingerprint density at radius 1 is 1.16 bits per heavy atom. The van der Waals surface area contributed by atoms with Crippen molar-refractivity contribution >= 4 is 44.9 Å². The molecule has 0 unspecified atom stereocenters. The van der Waals surface area contributed by atoms with Crippen molar-refractivity contribution in [2.45, 2.75) is 13.3 Å². The standard InChI is InChI=1S/C15H11BrCl2O/c1-9-2-5-12(17)8-13(9)15(19)6-10-3-4-11(16)7-14(10)18/h2-5,7-8H,6H2,1H3. The van der Waals surface area contributed by atoms with Crippen LogP contribution in [0.15, 0.2) is 40.9 Å². The zero-order valence-electron chi connectivity index (χ0n) is 10.2. The van der Waals surface area contributed by atoms with E-state index in [9.17, 15) is 4.79 Å². The summed E-state index contributed by atoms with van der Waals surface area (Å²) in [7, 11) is 0. The van der Waals surface area contributed by atoms with E-state index in [2.05, 4.69) is 15.9 Å². The van der Waals surface area contributed by atoms with Crippen LogP contribution < -0.4 is 0 Å². The average molecular weight is 358 g/mol. The second kappa shape index (κ2) is 6.08. The van der Waals surface area contributed by atoms with Crippen molar-refractivity contribution < 1.29 is 4.79 Å². The van der Waals surface area contributed by atoms with E-state index < -0.39 is 0 Å². The van der Waals surface area contributed by atoms with Crippen LogP contribution in [0.1, 0.15) is 21.5 Å². The minimum absolute atomic E-state index is 0.0178. The van der Waals surface area contributed by atoms with Crippen molar-refractivity contribution in [2.24, 2.45) is 0 Å². The third-order valence-electron chi connectivity index (χ3n) is 2.87. The molecule has 0 spiro atoms. The van der Waals surface area contributed by atoms with Gasteiger partial charge >= 0.3 is 0 Å². The first-order valence-corrected chi connectivity index (χ1v) is 7.25. The first-order chi connectivity index (χ1) is 8.97. The van der Waals surface area contributed by atoms with Gasteiger partial charge in [0.05, 0.1) is 0 Å². The fourth-order valence-electron chi connectivity index (χ4n) is 1.83. The molecule has 2 rings (SSSR count). The molecule has 0 N–H and O–H groups in total. The van der Waals surface area contributed by atoms with E-state index in [4.69, 9.17) is 23.2 Å². The lowest BCUT2D eigenvalue weighted by Gasteiger charge is -2.07. The van der Waals surface area contributed by atoms with Gasteiger partial charge in [0.25, 0.3) is 0 Å². The summed E-state index contributed by atoms with van der Waals surface area (Å²) in [4.78, 5) is 12.3. The Hall–Kier alpha value is -0.830. The second-order valence-electron chi connectivity index (χ2n) is 4.29. The van der Waals surface area contributed by atoms with Crippen LogP contribution in [0.2, 0.25) is 10.0 Å². The fourth-order valence-corrected chi connectivity index (χ4v) is 2.74. The predicted molar refractivity (Wildman–Crippen MR) is 83.4 cm³/mol. The first kappa shape index (κ1) is 14.6. The highest BCUT2D eigenvalue weighted by atomic mass is 79.9. The van der Waals surface area contributed by atoms with Gasteiger partial charge in [0.2, 0.25) is 0 Å². The molecular weight excluding hydrogens is 347 g/mol. The van der Waals surface area contributed by atoms with Gasteiger partial charge in [0.15, 0.2) is 5.78 Å². The third kappa shape index (κ3) is 3.59. The van der Waals surface area contributed by atoms with E-state index in [-0.39, 0.29) is 12.2 Å². The van der Waals surface area contributed by atoms with Crippen molar-refractivity contribution in [3.8, 4) is 0 Å². The van der Waals surface area contributed by atoms with Crippen molar-refractivity contribution in [3.05, 3.63) is 67.6 Å². The van der Waals surface area contributed by atoms with Crippen LogP contribution in [0.3, 0.4) is 0 Å². The van der Waals surface area contributed by atoms with Gasteiger partial charge in [0, 0.05) is 26.5 Å². The summed E-state index contributed by atoms with van der Waals surface area (Å²) in [5.41, 5.74) is 2.38. The number of rotatable bonds is 3. The molecule has 0 radical (unpaired) electrons. The number of hydrogen-bond donors (Lipinski definition) is 0. The zero-order valence-corrected chi connectivity index (χ0v) is 13.3. The molecule has 0 aromatic heterocycles. The molecule has 0 saturated heterocycles. The summed E-state index contributed by atoms with van der Waals surface area (Å²) >= 11 is 15.4. The molecule has 0 aliphatic heterocycles. The molecule has 0 heterocycles. The van der Waals surface area contributed by atoms with E-state index in [1.54, 1.807) is 18.2 Å². The number of ketones is 1. The van der Waals surface area contributed by atoms with Crippen molar-refractivity contribution in [1.29, 1.82) is 0 Å². The van der Waals surface area contributed by atoms with Gasteiger partial charge in [-0.05, 0) is 42.3 Å². The van der Waals surface area contributed by atoms with Crippen molar-refractivity contribution in [1.82, 2.24) is 0 Å². The first-order valence-electron chi connectivity index (χ1n) is 5.70. The average Bonchev–Trinajstić information content (AvgIpc) is 2.35. The lowest BCUT2D eigenvalue weighted by atomic mass is 9.99. The van der Waals surface area contributed by atoms with Gasteiger partial charge in [0.1, 0.15) is 0 Å². The topological polar surface area (TPSA) is 17.1 Å². The normalized spacial score (nSPS) is 10.5. The summed E-state index contributed by atoms with van der Waals surface area (Å²) in [5.74, 6) is 0.0178. The summed E-state index contributed by atoms with van der Waals surface area (Å²) < 4.78 is 0.896. The maximum Gasteiger partial charge on any atom is 0.167 e. The molecule has 0 amide bonds. The number of hydrogen-bond acceptors (Lipinski definition) is 1. The Morgan fingerprint density at radius 3 is 2.58 bits per heavy atom. The van der Waals surface area contributed by atoms with Gasteiger partial charge in [-0.25, -0.2) is 0 Å². The number of carbonyl (C=O) groups excluding carboxylic acids is 1. The summed E-state index contributed by atoms with van der Waals surface area (Å²) in [6, 6.07) is 10.8. The number of halogens is 3. The Bertz CT molecular complexity index is 638. The lowest BCUT2D eigenvalue weighted by molar-refractivity contribution is 0.0992. The Labute approximate surface area is 130 Å². The highest BCUT2D eigenvalue weighted by Crippen LogP contribution is 2.24. The van der Waals surface area contributed by atoms with E-state index >= 15 is 0 Å². The number of aryl methyl sites for hydroxylation is 1. The Balaban J connectivity index is 2.28. The van der Waals surface area contributed by atoms with Crippen LogP contribution in [-0.4, -0.2) is 5.78 Å². The zero-order chi connectivity index (χ0) is 14.0. The van der Waals surface area contributed by atoms with Crippen LogP contribution in [0.5, 0.6) is 0 Å². The van der Waals surface area contributed by atoms with Crippen LogP contribution >= 0.6 is 39.1 Å². The lowest BCUT2D eigenvalue weighted by Crippen LogP contribution is -2.06. The molecule has 1 nitrogen and oxygen atoms in total.